The van der Waals surface area contributed by atoms with E-state index < -0.39 is 0 Å². The van der Waals surface area contributed by atoms with E-state index in [2.05, 4.69) is 21.2 Å². The lowest BCUT2D eigenvalue weighted by atomic mass is 10.0. The molecular weight excluding hydrogens is 316 g/mol. The van der Waals surface area contributed by atoms with Gasteiger partial charge in [0.05, 0.1) is 6.42 Å². The van der Waals surface area contributed by atoms with E-state index in [4.69, 9.17) is 5.73 Å². The van der Waals surface area contributed by atoms with Crippen LogP contribution in [-0.4, -0.2) is 5.91 Å². The zero-order chi connectivity index (χ0) is 14.5. The number of nitrogens with two attached hydrogens (primary N) is 1. The highest BCUT2D eigenvalue weighted by atomic mass is 79.9. The van der Waals surface area contributed by atoms with E-state index in [1.165, 1.54) is 0 Å². The number of aryl methyl sites for hydroxylation is 1. The molecule has 0 fully saturated rings. The van der Waals surface area contributed by atoms with Gasteiger partial charge in [-0.15, -0.1) is 0 Å². The van der Waals surface area contributed by atoms with E-state index in [0.717, 1.165) is 26.9 Å². The molecule has 0 spiro atoms. The van der Waals surface area contributed by atoms with Crippen LogP contribution in [0, 0.1) is 6.92 Å². The second-order valence-corrected chi connectivity index (χ2v) is 5.52. The van der Waals surface area contributed by atoms with Crippen LogP contribution in [-0.2, 0) is 17.8 Å². The van der Waals surface area contributed by atoms with Crippen LogP contribution in [0.4, 0.5) is 5.69 Å². The normalized spacial score (nSPS) is 10.3. The Bertz CT molecular complexity index is 626. The molecule has 2 aromatic carbocycles. The molecule has 0 atom stereocenters. The van der Waals surface area contributed by atoms with Gasteiger partial charge in [-0.1, -0.05) is 40.2 Å². The lowest BCUT2D eigenvalue weighted by Gasteiger charge is -2.09. The monoisotopic (exact) mass is 332 g/mol. The minimum Gasteiger partial charge on any atom is -0.326 e. The number of anilines is 1. The summed E-state index contributed by atoms with van der Waals surface area (Å²) in [6.45, 7) is 2.43. The van der Waals surface area contributed by atoms with Gasteiger partial charge < -0.3 is 11.1 Å². The number of halogens is 1. The number of hydrogen-bond donors (Lipinski definition) is 2. The first kappa shape index (κ1) is 14.8. The van der Waals surface area contributed by atoms with Crippen LogP contribution < -0.4 is 11.1 Å². The molecule has 0 aromatic heterocycles. The Morgan fingerprint density at radius 3 is 2.55 bits per heavy atom. The highest BCUT2D eigenvalue weighted by Crippen LogP contribution is 2.20. The van der Waals surface area contributed by atoms with Crippen molar-refractivity contribution < 1.29 is 4.79 Å². The van der Waals surface area contributed by atoms with Crippen LogP contribution in [0.25, 0.3) is 0 Å². The van der Waals surface area contributed by atoms with E-state index in [1.807, 2.05) is 49.4 Å². The molecule has 0 unspecified atom stereocenters. The predicted molar refractivity (Wildman–Crippen MR) is 85.5 cm³/mol. The highest BCUT2D eigenvalue weighted by molar-refractivity contribution is 9.10. The molecule has 0 aliphatic heterocycles. The maximum Gasteiger partial charge on any atom is 0.228 e. The van der Waals surface area contributed by atoms with Gasteiger partial charge in [0.2, 0.25) is 5.91 Å². The summed E-state index contributed by atoms with van der Waals surface area (Å²) in [5.74, 6) is -0.0346. The maximum absolute atomic E-state index is 12.1. The smallest absolute Gasteiger partial charge is 0.228 e. The van der Waals surface area contributed by atoms with Gasteiger partial charge in [-0.05, 0) is 41.8 Å². The molecular formula is C16H17BrN2O. The van der Waals surface area contributed by atoms with Crippen molar-refractivity contribution in [1.82, 2.24) is 0 Å². The number of hydrogen-bond acceptors (Lipinski definition) is 2. The van der Waals surface area contributed by atoms with Crippen LogP contribution >= 0.6 is 15.9 Å². The first-order valence-electron chi connectivity index (χ1n) is 6.43. The molecule has 3 nitrogen and oxygen atoms in total. The molecule has 0 aliphatic rings. The molecule has 0 heterocycles. The number of carbonyl (C=O) groups is 1. The first-order chi connectivity index (χ1) is 9.60. The fourth-order valence-electron chi connectivity index (χ4n) is 2.03. The Hall–Kier alpha value is -1.65. The van der Waals surface area contributed by atoms with Crippen LogP contribution in [0.5, 0.6) is 0 Å². The number of nitrogens with one attached hydrogen (secondary N) is 1. The maximum atomic E-state index is 12.1. The summed E-state index contributed by atoms with van der Waals surface area (Å²) in [6, 6.07) is 13.5. The minimum absolute atomic E-state index is 0.0346. The van der Waals surface area contributed by atoms with Crippen molar-refractivity contribution in [3.63, 3.8) is 0 Å². The summed E-state index contributed by atoms with van der Waals surface area (Å²) in [5.41, 5.74) is 9.56. The number of amides is 1. The lowest BCUT2D eigenvalue weighted by Crippen LogP contribution is -2.16. The molecule has 4 heteroatoms. The SMILES string of the molecule is Cc1cc(NC(=O)Cc2ccccc2CN)ccc1Br. The third-order valence-electron chi connectivity index (χ3n) is 3.13. The molecule has 0 radical (unpaired) electrons. The molecule has 0 saturated heterocycles. The Morgan fingerprint density at radius 1 is 1.20 bits per heavy atom. The van der Waals surface area contributed by atoms with E-state index in [0.29, 0.717) is 13.0 Å². The average molecular weight is 333 g/mol. The van der Waals surface area contributed by atoms with E-state index in [-0.39, 0.29) is 5.91 Å². The highest BCUT2D eigenvalue weighted by Gasteiger charge is 2.08. The third kappa shape index (κ3) is 3.68. The molecule has 3 N–H and O–H groups in total. The Labute approximate surface area is 127 Å². The fourth-order valence-corrected chi connectivity index (χ4v) is 2.28. The second-order valence-electron chi connectivity index (χ2n) is 4.66. The van der Waals surface area contributed by atoms with Crippen molar-refractivity contribution in [3.8, 4) is 0 Å². The van der Waals surface area contributed by atoms with Gasteiger partial charge in [0, 0.05) is 16.7 Å². The first-order valence-corrected chi connectivity index (χ1v) is 7.22. The van der Waals surface area contributed by atoms with E-state index >= 15 is 0 Å². The van der Waals surface area contributed by atoms with Crippen molar-refractivity contribution in [3.05, 3.63) is 63.6 Å². The van der Waals surface area contributed by atoms with Crippen molar-refractivity contribution in [1.29, 1.82) is 0 Å². The van der Waals surface area contributed by atoms with Crippen molar-refractivity contribution >= 4 is 27.5 Å². The summed E-state index contributed by atoms with van der Waals surface area (Å²) >= 11 is 3.44. The Balaban J connectivity index is 2.07. The zero-order valence-corrected chi connectivity index (χ0v) is 12.9. The summed E-state index contributed by atoms with van der Waals surface area (Å²) < 4.78 is 1.03. The van der Waals surface area contributed by atoms with E-state index in [1.54, 1.807) is 0 Å². The third-order valence-corrected chi connectivity index (χ3v) is 4.02. The van der Waals surface area contributed by atoms with Crippen LogP contribution in [0.3, 0.4) is 0 Å². The molecule has 0 bridgehead atoms. The standard InChI is InChI=1S/C16H17BrN2O/c1-11-8-14(6-7-15(11)17)19-16(20)9-12-4-2-3-5-13(12)10-18/h2-8H,9-10,18H2,1H3,(H,19,20). The largest absolute Gasteiger partial charge is 0.326 e. The number of rotatable bonds is 4. The van der Waals surface area contributed by atoms with Gasteiger partial charge in [-0.3, -0.25) is 4.79 Å². The molecule has 2 rings (SSSR count). The number of carbonyl (C=O) groups excluding carboxylic acids is 1. The van der Waals surface area contributed by atoms with Crippen LogP contribution in [0.15, 0.2) is 46.9 Å². The average Bonchev–Trinajstić information content (AvgIpc) is 2.43. The lowest BCUT2D eigenvalue weighted by molar-refractivity contribution is -0.115. The van der Waals surface area contributed by atoms with Gasteiger partial charge >= 0.3 is 0 Å². The van der Waals surface area contributed by atoms with E-state index in [9.17, 15) is 4.79 Å². The summed E-state index contributed by atoms with van der Waals surface area (Å²) in [4.78, 5) is 12.1. The summed E-state index contributed by atoms with van der Waals surface area (Å²) in [5, 5.41) is 2.91. The van der Waals surface area contributed by atoms with Gasteiger partial charge in [0.25, 0.3) is 0 Å². The van der Waals surface area contributed by atoms with Crippen molar-refractivity contribution in [2.45, 2.75) is 19.9 Å². The van der Waals surface area contributed by atoms with Crippen LogP contribution in [0.1, 0.15) is 16.7 Å². The minimum atomic E-state index is -0.0346. The quantitative estimate of drug-likeness (QED) is 0.901. The molecule has 0 saturated carbocycles. The molecule has 20 heavy (non-hydrogen) atoms. The zero-order valence-electron chi connectivity index (χ0n) is 11.3. The van der Waals surface area contributed by atoms with Crippen molar-refractivity contribution in [2.75, 3.05) is 5.32 Å². The Morgan fingerprint density at radius 2 is 1.90 bits per heavy atom. The predicted octanol–water partition coefficient (Wildman–Crippen LogP) is 3.40. The van der Waals surface area contributed by atoms with Gasteiger partial charge in [0.15, 0.2) is 0 Å². The number of benzene rings is 2. The van der Waals surface area contributed by atoms with Gasteiger partial charge in [0.1, 0.15) is 0 Å². The van der Waals surface area contributed by atoms with Gasteiger partial charge in [-0.25, -0.2) is 0 Å². The Kier molecular flexibility index (Phi) is 4.93. The topological polar surface area (TPSA) is 55.1 Å². The van der Waals surface area contributed by atoms with Crippen LogP contribution in [0.2, 0.25) is 0 Å². The summed E-state index contributed by atoms with van der Waals surface area (Å²) in [7, 11) is 0. The molecule has 0 aliphatic carbocycles. The molecule has 2 aromatic rings. The van der Waals surface area contributed by atoms with Gasteiger partial charge in [-0.2, -0.15) is 0 Å². The second kappa shape index (κ2) is 6.68. The molecule has 1 amide bonds. The summed E-state index contributed by atoms with van der Waals surface area (Å²) in [6.07, 6.45) is 0.336. The fraction of sp³-hybridized carbons (Fsp3) is 0.188. The molecule has 104 valence electrons. The van der Waals surface area contributed by atoms with Crippen molar-refractivity contribution in [2.24, 2.45) is 5.73 Å².